The standard InChI is InChI=1S/C20H26N4O.HI/c1-15-7-9-17(10-8-15)24-20(21)23-14-16-11-12-22-19(13-16)25-18-5-3-2-4-6-18;/h7-13,18H,2-6,14H2,1H3,(H3,21,23,24);1H. The number of benzene rings is 1. The smallest absolute Gasteiger partial charge is 0.213 e. The molecule has 1 aromatic carbocycles. The van der Waals surface area contributed by atoms with Crippen LogP contribution < -0.4 is 15.8 Å². The fourth-order valence-electron chi connectivity index (χ4n) is 2.97. The van der Waals surface area contributed by atoms with Crippen LogP contribution in [0.1, 0.15) is 43.2 Å². The van der Waals surface area contributed by atoms with Crippen molar-refractivity contribution in [3.8, 4) is 5.88 Å². The maximum absolute atomic E-state index is 6.00. The van der Waals surface area contributed by atoms with Gasteiger partial charge in [0.15, 0.2) is 5.96 Å². The third-order valence-electron chi connectivity index (χ3n) is 4.39. The number of anilines is 1. The lowest BCUT2D eigenvalue weighted by Crippen LogP contribution is -2.22. The fraction of sp³-hybridized carbons (Fsp3) is 0.400. The van der Waals surface area contributed by atoms with E-state index in [0.29, 0.717) is 24.5 Å². The van der Waals surface area contributed by atoms with Crippen molar-refractivity contribution in [1.82, 2.24) is 4.98 Å². The number of ether oxygens (including phenoxy) is 1. The first-order valence-corrected chi connectivity index (χ1v) is 8.94. The number of halogens is 1. The lowest BCUT2D eigenvalue weighted by Gasteiger charge is -2.22. The van der Waals surface area contributed by atoms with Crippen molar-refractivity contribution in [3.05, 3.63) is 53.7 Å². The lowest BCUT2D eigenvalue weighted by molar-refractivity contribution is 0.148. The van der Waals surface area contributed by atoms with Crippen LogP contribution in [-0.4, -0.2) is 17.0 Å². The Labute approximate surface area is 172 Å². The highest BCUT2D eigenvalue weighted by molar-refractivity contribution is 14.0. The van der Waals surface area contributed by atoms with Gasteiger partial charge in [0.05, 0.1) is 6.54 Å². The Morgan fingerprint density at radius 3 is 2.65 bits per heavy atom. The number of guanidine groups is 1. The number of hydrogen-bond acceptors (Lipinski definition) is 3. The van der Waals surface area contributed by atoms with E-state index in [1.54, 1.807) is 6.20 Å². The summed E-state index contributed by atoms with van der Waals surface area (Å²) in [6.07, 6.45) is 8.12. The molecular weight excluding hydrogens is 439 g/mol. The molecule has 5 nitrogen and oxygen atoms in total. The highest BCUT2D eigenvalue weighted by atomic mass is 127. The monoisotopic (exact) mass is 466 g/mol. The Morgan fingerprint density at radius 1 is 1.19 bits per heavy atom. The van der Waals surface area contributed by atoms with E-state index >= 15 is 0 Å². The molecule has 0 aliphatic heterocycles. The molecule has 0 spiro atoms. The Bertz CT molecular complexity index is 712. The fourth-order valence-corrected chi connectivity index (χ4v) is 2.97. The van der Waals surface area contributed by atoms with Gasteiger partial charge in [-0.2, -0.15) is 0 Å². The summed E-state index contributed by atoms with van der Waals surface area (Å²) in [7, 11) is 0. The Kier molecular flexibility index (Phi) is 8.15. The summed E-state index contributed by atoms with van der Waals surface area (Å²) in [6.45, 7) is 2.55. The highest BCUT2D eigenvalue weighted by Crippen LogP contribution is 2.22. The first kappa shape index (κ1) is 20.5. The maximum Gasteiger partial charge on any atom is 0.213 e. The Morgan fingerprint density at radius 2 is 1.92 bits per heavy atom. The first-order valence-electron chi connectivity index (χ1n) is 8.94. The summed E-state index contributed by atoms with van der Waals surface area (Å²) in [4.78, 5) is 8.72. The molecule has 3 rings (SSSR count). The molecule has 0 atom stereocenters. The molecule has 1 aliphatic carbocycles. The van der Waals surface area contributed by atoms with Gasteiger partial charge >= 0.3 is 0 Å². The summed E-state index contributed by atoms with van der Waals surface area (Å²) < 4.78 is 6.00. The van der Waals surface area contributed by atoms with Gasteiger partial charge in [-0.3, -0.25) is 0 Å². The normalized spacial score (nSPS) is 15.2. The van der Waals surface area contributed by atoms with Crippen LogP contribution in [0.25, 0.3) is 0 Å². The van der Waals surface area contributed by atoms with Crippen LogP contribution in [0.3, 0.4) is 0 Å². The molecule has 0 unspecified atom stereocenters. The average molecular weight is 466 g/mol. The maximum atomic E-state index is 6.00. The third-order valence-corrected chi connectivity index (χ3v) is 4.39. The Balaban J connectivity index is 0.00000243. The first-order chi connectivity index (χ1) is 12.2. The van der Waals surface area contributed by atoms with E-state index in [4.69, 9.17) is 10.5 Å². The largest absolute Gasteiger partial charge is 0.474 e. The van der Waals surface area contributed by atoms with Gasteiger partial charge in [0.2, 0.25) is 5.88 Å². The molecule has 6 heteroatoms. The number of rotatable bonds is 5. The molecule has 1 heterocycles. The van der Waals surface area contributed by atoms with E-state index in [9.17, 15) is 0 Å². The average Bonchev–Trinajstić information content (AvgIpc) is 2.63. The third kappa shape index (κ3) is 6.48. The predicted octanol–water partition coefficient (Wildman–Crippen LogP) is 4.65. The van der Waals surface area contributed by atoms with Gasteiger partial charge in [-0.25, -0.2) is 9.98 Å². The van der Waals surface area contributed by atoms with Crippen LogP contribution in [0.15, 0.2) is 47.6 Å². The van der Waals surface area contributed by atoms with Gasteiger partial charge < -0.3 is 15.8 Å². The summed E-state index contributed by atoms with van der Waals surface area (Å²) in [5.41, 5.74) is 9.15. The molecular formula is C20H27IN4O. The van der Waals surface area contributed by atoms with Crippen LogP contribution in [0, 0.1) is 6.92 Å². The van der Waals surface area contributed by atoms with E-state index in [1.165, 1.54) is 24.8 Å². The van der Waals surface area contributed by atoms with E-state index in [0.717, 1.165) is 24.1 Å². The van der Waals surface area contributed by atoms with Crippen molar-refractivity contribution >= 4 is 35.6 Å². The molecule has 1 fully saturated rings. The number of aryl methyl sites for hydroxylation is 1. The van der Waals surface area contributed by atoms with Crippen LogP contribution in [-0.2, 0) is 6.54 Å². The van der Waals surface area contributed by atoms with Crippen molar-refractivity contribution in [2.45, 2.75) is 51.7 Å². The van der Waals surface area contributed by atoms with Gasteiger partial charge in [0.1, 0.15) is 6.10 Å². The van der Waals surface area contributed by atoms with Gasteiger partial charge in [-0.1, -0.05) is 24.1 Å². The van der Waals surface area contributed by atoms with Crippen LogP contribution >= 0.6 is 24.0 Å². The summed E-state index contributed by atoms with van der Waals surface area (Å²) in [5, 5.41) is 3.10. The second-order valence-electron chi connectivity index (χ2n) is 6.57. The number of nitrogens with two attached hydrogens (primary N) is 1. The quantitative estimate of drug-likeness (QED) is 0.383. The van der Waals surface area contributed by atoms with Crippen molar-refractivity contribution in [2.75, 3.05) is 5.32 Å². The molecule has 1 aromatic heterocycles. The molecule has 0 radical (unpaired) electrons. The van der Waals surface area contributed by atoms with Crippen LogP contribution in [0.5, 0.6) is 5.88 Å². The number of aliphatic imine (C=N–C) groups is 1. The van der Waals surface area contributed by atoms with E-state index in [-0.39, 0.29) is 24.0 Å². The van der Waals surface area contributed by atoms with E-state index in [2.05, 4.69) is 22.2 Å². The topological polar surface area (TPSA) is 72.5 Å². The molecule has 1 saturated carbocycles. The van der Waals surface area contributed by atoms with Crippen molar-refractivity contribution < 1.29 is 4.74 Å². The highest BCUT2D eigenvalue weighted by Gasteiger charge is 2.15. The molecule has 0 amide bonds. The second-order valence-corrected chi connectivity index (χ2v) is 6.57. The minimum Gasteiger partial charge on any atom is -0.474 e. The number of aromatic nitrogens is 1. The van der Waals surface area contributed by atoms with Crippen molar-refractivity contribution in [1.29, 1.82) is 0 Å². The summed E-state index contributed by atoms with van der Waals surface area (Å²) >= 11 is 0. The number of pyridine rings is 1. The van der Waals surface area contributed by atoms with Gasteiger partial charge in [0, 0.05) is 18.0 Å². The zero-order chi connectivity index (χ0) is 17.5. The van der Waals surface area contributed by atoms with Crippen LogP contribution in [0.2, 0.25) is 0 Å². The molecule has 0 bridgehead atoms. The van der Waals surface area contributed by atoms with Gasteiger partial charge in [0.25, 0.3) is 0 Å². The van der Waals surface area contributed by atoms with Crippen molar-refractivity contribution in [2.24, 2.45) is 10.7 Å². The molecule has 140 valence electrons. The van der Waals surface area contributed by atoms with E-state index < -0.39 is 0 Å². The summed E-state index contributed by atoms with van der Waals surface area (Å²) in [6, 6.07) is 11.9. The van der Waals surface area contributed by atoms with Gasteiger partial charge in [-0.15, -0.1) is 24.0 Å². The molecule has 0 saturated heterocycles. The molecule has 1 aliphatic rings. The molecule has 26 heavy (non-hydrogen) atoms. The number of nitrogens with zero attached hydrogens (tertiary/aromatic N) is 2. The molecule has 2 aromatic rings. The zero-order valence-corrected chi connectivity index (χ0v) is 17.5. The Hall–Kier alpha value is -1.83. The molecule has 3 N–H and O–H groups in total. The minimum atomic E-state index is 0. The SMILES string of the molecule is Cc1ccc(NC(N)=NCc2ccnc(OC3CCCCC3)c2)cc1.I. The van der Waals surface area contributed by atoms with Crippen molar-refractivity contribution in [3.63, 3.8) is 0 Å². The van der Waals surface area contributed by atoms with E-state index in [1.807, 2.05) is 36.4 Å². The number of nitrogens with one attached hydrogen (secondary N) is 1. The zero-order valence-electron chi connectivity index (χ0n) is 15.1. The predicted molar refractivity (Wildman–Crippen MR) is 117 cm³/mol. The number of hydrogen-bond donors (Lipinski definition) is 2. The minimum absolute atomic E-state index is 0. The lowest BCUT2D eigenvalue weighted by atomic mass is 9.98. The van der Waals surface area contributed by atoms with Gasteiger partial charge in [-0.05, 0) is 56.4 Å². The van der Waals surface area contributed by atoms with Crippen LogP contribution in [0.4, 0.5) is 5.69 Å². The summed E-state index contributed by atoms with van der Waals surface area (Å²) in [5.74, 6) is 1.08. The second kappa shape index (κ2) is 10.4.